The van der Waals surface area contributed by atoms with E-state index in [2.05, 4.69) is 5.32 Å². The second-order valence-corrected chi connectivity index (χ2v) is 10.2. The van der Waals surface area contributed by atoms with Crippen LogP contribution in [-0.4, -0.2) is 15.7 Å². The van der Waals surface area contributed by atoms with Gasteiger partial charge in [-0.3, -0.25) is 4.79 Å². The van der Waals surface area contributed by atoms with Gasteiger partial charge in [0.15, 0.2) is 5.69 Å². The van der Waals surface area contributed by atoms with Crippen LogP contribution < -0.4 is 5.32 Å². The highest BCUT2D eigenvalue weighted by atomic mass is 35.5. The molecule has 4 aliphatic carbocycles. The fourth-order valence-corrected chi connectivity index (χ4v) is 6.55. The molecular weight excluding hydrogens is 444 g/mol. The predicted octanol–water partition coefficient (Wildman–Crippen LogP) is 6.12. The van der Waals surface area contributed by atoms with Gasteiger partial charge in [-0.15, -0.1) is 0 Å². The molecule has 2 atom stereocenters. The molecule has 0 saturated heterocycles. The molecule has 2 fully saturated rings. The number of nitrogens with one attached hydrogen (secondary N) is 1. The van der Waals surface area contributed by atoms with Gasteiger partial charge in [-0.2, -0.15) is 5.10 Å². The van der Waals surface area contributed by atoms with Crippen LogP contribution in [0, 0.1) is 23.5 Å². The minimum Gasteiger partial charge on any atom is -0.346 e. The number of hydrogen-bond acceptors (Lipinski definition) is 2. The quantitative estimate of drug-likeness (QED) is 0.502. The van der Waals surface area contributed by atoms with Gasteiger partial charge in [0.2, 0.25) is 0 Å². The summed E-state index contributed by atoms with van der Waals surface area (Å²) in [6.07, 6.45) is 5.76. The molecule has 0 aliphatic heterocycles. The van der Waals surface area contributed by atoms with E-state index in [1.165, 1.54) is 18.6 Å². The molecule has 0 spiro atoms. The fourth-order valence-electron chi connectivity index (χ4n) is 6.42. The third-order valence-corrected chi connectivity index (χ3v) is 7.89. The van der Waals surface area contributed by atoms with E-state index < -0.39 is 11.6 Å². The normalized spacial score (nSPS) is 25.1. The number of hydrogen-bond donors (Lipinski definition) is 1. The summed E-state index contributed by atoms with van der Waals surface area (Å²) in [5, 5.41) is 8.29. The van der Waals surface area contributed by atoms with E-state index in [-0.39, 0.29) is 18.0 Å². The molecule has 3 aromatic rings. The summed E-state index contributed by atoms with van der Waals surface area (Å²) in [5.41, 5.74) is 3.79. The fraction of sp³-hybridized carbons (Fsp3) is 0.385. The Hall–Kier alpha value is -2.73. The first-order chi connectivity index (χ1) is 16.0. The van der Waals surface area contributed by atoms with Crippen molar-refractivity contribution in [1.29, 1.82) is 0 Å². The topological polar surface area (TPSA) is 46.9 Å². The lowest BCUT2D eigenvalue weighted by Crippen LogP contribution is -2.28. The maximum absolute atomic E-state index is 14.1. The summed E-state index contributed by atoms with van der Waals surface area (Å²) in [5.74, 6) is 0.475. The van der Waals surface area contributed by atoms with Crippen molar-refractivity contribution in [2.24, 2.45) is 11.8 Å². The predicted molar refractivity (Wildman–Crippen MR) is 122 cm³/mol. The molecule has 4 bridgehead atoms. The van der Waals surface area contributed by atoms with E-state index in [9.17, 15) is 13.6 Å². The average molecular weight is 468 g/mol. The van der Waals surface area contributed by atoms with Gasteiger partial charge in [0, 0.05) is 34.7 Å². The molecule has 1 aromatic heterocycles. The number of aromatic nitrogens is 2. The molecule has 170 valence electrons. The standard InChI is InChI=1S/C26H24ClF2N3O/c27-19-2-5-21(6-3-19)32-25-18-10-14-7-15(11-18)9-17(8-14)23(25)24(31-32)26(33)30-13-16-1-4-20(28)12-22(16)29/h1-6,12,14-15,17-18H,7-11,13H2,(H,30,33). The number of carbonyl (C=O) groups is 1. The van der Waals surface area contributed by atoms with Crippen LogP contribution in [0.4, 0.5) is 8.78 Å². The first kappa shape index (κ1) is 20.8. The van der Waals surface area contributed by atoms with E-state index in [1.54, 1.807) is 0 Å². The van der Waals surface area contributed by atoms with E-state index in [0.717, 1.165) is 48.7 Å². The minimum atomic E-state index is -0.670. The molecule has 1 heterocycles. The van der Waals surface area contributed by atoms with Crippen LogP contribution in [0.5, 0.6) is 0 Å². The van der Waals surface area contributed by atoms with Crippen molar-refractivity contribution < 1.29 is 13.6 Å². The minimum absolute atomic E-state index is 0.0210. The maximum atomic E-state index is 14.1. The number of carbonyl (C=O) groups excluding carboxylic acids is 1. The lowest BCUT2D eigenvalue weighted by Gasteiger charge is -2.38. The van der Waals surface area contributed by atoms with Crippen molar-refractivity contribution in [3.63, 3.8) is 0 Å². The van der Waals surface area contributed by atoms with Gasteiger partial charge in [0.1, 0.15) is 11.6 Å². The van der Waals surface area contributed by atoms with Crippen molar-refractivity contribution in [1.82, 2.24) is 15.1 Å². The molecule has 4 aliphatic rings. The van der Waals surface area contributed by atoms with E-state index in [1.807, 2.05) is 28.9 Å². The zero-order chi connectivity index (χ0) is 22.7. The van der Waals surface area contributed by atoms with Crippen LogP contribution in [0.2, 0.25) is 5.02 Å². The Balaban J connectivity index is 1.40. The third-order valence-electron chi connectivity index (χ3n) is 7.63. The van der Waals surface area contributed by atoms with Gasteiger partial charge in [-0.25, -0.2) is 13.5 Å². The molecule has 1 N–H and O–H groups in total. The smallest absolute Gasteiger partial charge is 0.272 e. The second-order valence-electron chi connectivity index (χ2n) is 9.76. The Bertz CT molecular complexity index is 1230. The Morgan fingerprint density at radius 1 is 1.00 bits per heavy atom. The highest BCUT2D eigenvalue weighted by Crippen LogP contribution is 2.57. The van der Waals surface area contributed by atoms with Crippen molar-refractivity contribution in [2.45, 2.75) is 50.5 Å². The summed E-state index contributed by atoms with van der Waals surface area (Å²) in [4.78, 5) is 13.4. The van der Waals surface area contributed by atoms with Crippen LogP contribution in [0.15, 0.2) is 42.5 Å². The first-order valence-electron chi connectivity index (χ1n) is 11.6. The average Bonchev–Trinajstić information content (AvgIpc) is 3.10. The van der Waals surface area contributed by atoms with Gasteiger partial charge < -0.3 is 5.32 Å². The highest BCUT2D eigenvalue weighted by Gasteiger charge is 2.46. The van der Waals surface area contributed by atoms with Crippen LogP contribution in [0.25, 0.3) is 5.69 Å². The molecule has 33 heavy (non-hydrogen) atoms. The largest absolute Gasteiger partial charge is 0.346 e. The SMILES string of the molecule is O=C(NCc1ccc(F)cc1F)c1nn(-c2ccc(Cl)cc2)c2c1C1CC3CC(C1)CC2C3. The Kier molecular flexibility index (Phi) is 5.02. The van der Waals surface area contributed by atoms with Gasteiger partial charge in [-0.05, 0) is 80.2 Å². The van der Waals surface area contributed by atoms with Crippen molar-refractivity contribution in [3.8, 4) is 5.69 Å². The Morgan fingerprint density at radius 2 is 1.70 bits per heavy atom. The number of amides is 1. The van der Waals surface area contributed by atoms with Crippen molar-refractivity contribution in [3.05, 3.63) is 81.6 Å². The van der Waals surface area contributed by atoms with Crippen LogP contribution in [0.1, 0.15) is 71.2 Å². The summed E-state index contributed by atoms with van der Waals surface area (Å²) in [6, 6.07) is 10.9. The summed E-state index contributed by atoms with van der Waals surface area (Å²) < 4.78 is 29.3. The third kappa shape index (κ3) is 3.65. The molecule has 0 radical (unpaired) electrons. The zero-order valence-electron chi connectivity index (χ0n) is 18.0. The summed E-state index contributed by atoms with van der Waals surface area (Å²) in [7, 11) is 0. The van der Waals surface area contributed by atoms with Crippen molar-refractivity contribution >= 4 is 17.5 Å². The van der Waals surface area contributed by atoms with E-state index in [4.69, 9.17) is 16.7 Å². The molecule has 4 nitrogen and oxygen atoms in total. The number of benzene rings is 2. The number of nitrogens with zero attached hydrogens (tertiary/aromatic N) is 2. The Morgan fingerprint density at radius 3 is 2.39 bits per heavy atom. The lowest BCUT2D eigenvalue weighted by atomic mass is 9.67. The van der Waals surface area contributed by atoms with Gasteiger partial charge in [0.05, 0.1) is 11.4 Å². The van der Waals surface area contributed by atoms with E-state index >= 15 is 0 Å². The molecule has 7 rings (SSSR count). The lowest BCUT2D eigenvalue weighted by molar-refractivity contribution is 0.0942. The Labute approximate surface area is 195 Å². The van der Waals surface area contributed by atoms with Crippen LogP contribution in [0.3, 0.4) is 0 Å². The van der Waals surface area contributed by atoms with Crippen LogP contribution in [-0.2, 0) is 6.54 Å². The summed E-state index contributed by atoms with van der Waals surface area (Å²) in [6.45, 7) is -0.0210. The van der Waals surface area contributed by atoms with Gasteiger partial charge >= 0.3 is 0 Å². The highest BCUT2D eigenvalue weighted by molar-refractivity contribution is 6.30. The van der Waals surface area contributed by atoms with Gasteiger partial charge in [-0.1, -0.05) is 17.7 Å². The number of rotatable bonds is 4. The summed E-state index contributed by atoms with van der Waals surface area (Å²) >= 11 is 6.11. The van der Waals surface area contributed by atoms with Crippen molar-refractivity contribution in [2.75, 3.05) is 0 Å². The molecule has 2 unspecified atom stereocenters. The maximum Gasteiger partial charge on any atom is 0.272 e. The molecule has 2 saturated carbocycles. The van der Waals surface area contributed by atoms with E-state index in [0.29, 0.717) is 34.4 Å². The van der Waals surface area contributed by atoms with Crippen LogP contribution >= 0.6 is 11.6 Å². The first-order valence-corrected chi connectivity index (χ1v) is 11.9. The molecule has 1 amide bonds. The molecule has 2 aromatic carbocycles. The monoisotopic (exact) mass is 467 g/mol. The van der Waals surface area contributed by atoms with Gasteiger partial charge in [0.25, 0.3) is 5.91 Å². The number of halogens is 3. The zero-order valence-corrected chi connectivity index (χ0v) is 18.8. The molecule has 7 heteroatoms. The molecular formula is C26H24ClF2N3O. The second kappa shape index (κ2) is 7.94.